The number of benzene rings is 1. The maximum absolute atomic E-state index is 11.9. The summed E-state index contributed by atoms with van der Waals surface area (Å²) in [6.45, 7) is 7.33. The molecule has 1 aromatic carbocycles. The molecule has 0 bridgehead atoms. The summed E-state index contributed by atoms with van der Waals surface area (Å²) in [7, 11) is 1.46. The van der Waals surface area contributed by atoms with Crippen molar-refractivity contribution >= 4 is 11.9 Å². The molecule has 0 radical (unpaired) electrons. The standard InChI is InChI=1S/C19H27N3O2/c1-4-20-19(22-11-13(2)17(12-22)18(23)24-3)21-10-15-9-14-7-5-6-8-16(14)15/h5-8,13,15,17H,4,9-12H2,1-3H3,(H,20,21). The van der Waals surface area contributed by atoms with E-state index >= 15 is 0 Å². The minimum atomic E-state index is -0.117. The number of nitrogens with zero attached hydrogens (tertiary/aromatic N) is 2. The number of nitrogens with one attached hydrogen (secondary N) is 1. The number of carbonyl (C=O) groups is 1. The van der Waals surface area contributed by atoms with Crippen molar-refractivity contribution in [2.45, 2.75) is 26.2 Å². The van der Waals surface area contributed by atoms with E-state index in [1.165, 1.54) is 18.2 Å². The Labute approximate surface area is 144 Å². The fraction of sp³-hybridized carbons (Fsp3) is 0.579. The smallest absolute Gasteiger partial charge is 0.310 e. The van der Waals surface area contributed by atoms with Gasteiger partial charge in [-0.1, -0.05) is 31.2 Å². The molecule has 1 heterocycles. The van der Waals surface area contributed by atoms with Crippen molar-refractivity contribution in [2.24, 2.45) is 16.8 Å². The monoisotopic (exact) mass is 329 g/mol. The molecular weight excluding hydrogens is 302 g/mol. The average molecular weight is 329 g/mol. The Bertz CT molecular complexity index is 629. The zero-order chi connectivity index (χ0) is 17.1. The van der Waals surface area contributed by atoms with E-state index in [0.717, 1.165) is 32.0 Å². The largest absolute Gasteiger partial charge is 0.469 e. The van der Waals surface area contributed by atoms with E-state index in [9.17, 15) is 4.79 Å². The normalized spacial score (nSPS) is 25.9. The van der Waals surface area contributed by atoms with Gasteiger partial charge in [0.05, 0.1) is 13.0 Å². The summed E-state index contributed by atoms with van der Waals surface area (Å²) in [5.41, 5.74) is 2.88. The van der Waals surface area contributed by atoms with Gasteiger partial charge in [0.15, 0.2) is 5.96 Å². The molecule has 1 aliphatic heterocycles. The van der Waals surface area contributed by atoms with Gasteiger partial charge in [-0.05, 0) is 30.4 Å². The van der Waals surface area contributed by atoms with Crippen LogP contribution in [0.3, 0.4) is 0 Å². The van der Waals surface area contributed by atoms with Gasteiger partial charge < -0.3 is 15.0 Å². The summed E-state index contributed by atoms with van der Waals surface area (Å²) in [6, 6.07) is 8.60. The third-order valence-electron chi connectivity index (χ3n) is 5.17. The van der Waals surface area contributed by atoms with Crippen LogP contribution in [0.5, 0.6) is 0 Å². The minimum absolute atomic E-state index is 0.0664. The predicted molar refractivity (Wildman–Crippen MR) is 95.1 cm³/mol. The molecule has 1 aliphatic carbocycles. The van der Waals surface area contributed by atoms with Crippen molar-refractivity contribution in [3.05, 3.63) is 35.4 Å². The number of esters is 1. The molecule has 5 nitrogen and oxygen atoms in total. The topological polar surface area (TPSA) is 53.9 Å². The van der Waals surface area contributed by atoms with Crippen LogP contribution in [0.2, 0.25) is 0 Å². The molecule has 1 saturated heterocycles. The van der Waals surface area contributed by atoms with Gasteiger partial charge in [0.2, 0.25) is 0 Å². The molecule has 3 unspecified atom stereocenters. The molecule has 0 saturated carbocycles. The Morgan fingerprint density at radius 2 is 2.17 bits per heavy atom. The van der Waals surface area contributed by atoms with Crippen molar-refractivity contribution in [3.8, 4) is 0 Å². The third kappa shape index (κ3) is 3.25. The van der Waals surface area contributed by atoms with Crippen molar-refractivity contribution in [3.63, 3.8) is 0 Å². The molecule has 1 fully saturated rings. The van der Waals surface area contributed by atoms with Crippen molar-refractivity contribution in [2.75, 3.05) is 33.3 Å². The molecule has 3 atom stereocenters. The number of carbonyl (C=O) groups excluding carboxylic acids is 1. The number of fused-ring (bicyclic) bond motifs is 1. The van der Waals surface area contributed by atoms with Crippen molar-refractivity contribution in [1.82, 2.24) is 10.2 Å². The fourth-order valence-corrected chi connectivity index (χ4v) is 3.75. The molecule has 130 valence electrons. The first-order chi connectivity index (χ1) is 11.6. The van der Waals surface area contributed by atoms with Gasteiger partial charge in [0, 0.05) is 32.1 Å². The second kappa shape index (κ2) is 7.24. The Morgan fingerprint density at radius 1 is 1.38 bits per heavy atom. The average Bonchev–Trinajstić information content (AvgIpc) is 2.95. The molecule has 0 spiro atoms. The molecule has 1 aromatic rings. The summed E-state index contributed by atoms with van der Waals surface area (Å²) < 4.78 is 4.93. The lowest BCUT2D eigenvalue weighted by molar-refractivity contribution is -0.145. The maximum atomic E-state index is 11.9. The van der Waals surface area contributed by atoms with Gasteiger partial charge in [0.25, 0.3) is 0 Å². The van der Waals surface area contributed by atoms with E-state index in [2.05, 4.69) is 48.3 Å². The second-order valence-corrected chi connectivity index (χ2v) is 6.81. The van der Waals surface area contributed by atoms with Gasteiger partial charge in [-0.15, -0.1) is 0 Å². The van der Waals surface area contributed by atoms with Gasteiger partial charge >= 0.3 is 5.97 Å². The SMILES string of the molecule is CCNC(=NCC1Cc2ccccc21)N1CC(C)C(C(=O)OC)C1. The number of guanidine groups is 1. The number of hydrogen-bond donors (Lipinski definition) is 1. The third-order valence-corrected chi connectivity index (χ3v) is 5.17. The lowest BCUT2D eigenvalue weighted by atomic mass is 9.78. The minimum Gasteiger partial charge on any atom is -0.469 e. The van der Waals surface area contributed by atoms with Crippen molar-refractivity contribution < 1.29 is 9.53 Å². The highest BCUT2D eigenvalue weighted by Gasteiger charge is 2.37. The van der Waals surface area contributed by atoms with Gasteiger partial charge in [-0.2, -0.15) is 0 Å². The summed E-state index contributed by atoms with van der Waals surface area (Å²) in [4.78, 5) is 18.9. The molecular formula is C19H27N3O2. The number of rotatable bonds is 4. The van der Waals surface area contributed by atoms with Crippen molar-refractivity contribution in [1.29, 1.82) is 0 Å². The highest BCUT2D eigenvalue weighted by atomic mass is 16.5. The van der Waals surface area contributed by atoms with E-state index in [4.69, 9.17) is 9.73 Å². The number of aliphatic imine (C=N–C) groups is 1. The van der Waals surface area contributed by atoms with Crippen LogP contribution >= 0.6 is 0 Å². The fourth-order valence-electron chi connectivity index (χ4n) is 3.75. The predicted octanol–water partition coefficient (Wildman–Crippen LogP) is 2.03. The second-order valence-electron chi connectivity index (χ2n) is 6.81. The van der Waals surface area contributed by atoms with E-state index in [0.29, 0.717) is 12.5 Å². The van der Waals surface area contributed by atoms with Crippen LogP contribution in [0.15, 0.2) is 29.3 Å². The molecule has 0 amide bonds. The van der Waals surface area contributed by atoms with E-state index < -0.39 is 0 Å². The number of hydrogen-bond acceptors (Lipinski definition) is 3. The molecule has 3 rings (SSSR count). The highest BCUT2D eigenvalue weighted by molar-refractivity contribution is 5.82. The van der Waals surface area contributed by atoms with Crippen LogP contribution in [0.25, 0.3) is 0 Å². The van der Waals surface area contributed by atoms with Crippen LogP contribution in [-0.2, 0) is 16.0 Å². The molecule has 5 heteroatoms. The lowest BCUT2D eigenvalue weighted by Crippen LogP contribution is -2.41. The Hall–Kier alpha value is -2.04. The van der Waals surface area contributed by atoms with Crippen LogP contribution in [0.1, 0.15) is 30.9 Å². The van der Waals surface area contributed by atoms with Crippen LogP contribution in [-0.4, -0.2) is 50.1 Å². The van der Waals surface area contributed by atoms with Gasteiger partial charge in [-0.25, -0.2) is 0 Å². The Kier molecular flexibility index (Phi) is 5.07. The highest BCUT2D eigenvalue weighted by Crippen LogP contribution is 2.35. The maximum Gasteiger partial charge on any atom is 0.310 e. The first-order valence-corrected chi connectivity index (χ1v) is 8.82. The van der Waals surface area contributed by atoms with Gasteiger partial charge in [0.1, 0.15) is 0 Å². The van der Waals surface area contributed by atoms with Crippen LogP contribution < -0.4 is 5.32 Å². The molecule has 24 heavy (non-hydrogen) atoms. The Balaban J connectivity index is 1.66. The molecule has 1 N–H and O–H groups in total. The van der Waals surface area contributed by atoms with E-state index in [1.807, 2.05) is 0 Å². The lowest BCUT2D eigenvalue weighted by Gasteiger charge is -2.29. The van der Waals surface area contributed by atoms with Crippen LogP contribution in [0, 0.1) is 11.8 Å². The molecule has 0 aromatic heterocycles. The quantitative estimate of drug-likeness (QED) is 0.522. The van der Waals surface area contributed by atoms with Gasteiger partial charge in [-0.3, -0.25) is 9.79 Å². The number of likely N-dealkylation sites (tertiary alicyclic amines) is 1. The van der Waals surface area contributed by atoms with Crippen LogP contribution in [0.4, 0.5) is 0 Å². The molecule has 2 aliphatic rings. The number of methoxy groups -OCH3 is 1. The summed E-state index contributed by atoms with van der Waals surface area (Å²) >= 11 is 0. The van der Waals surface area contributed by atoms with E-state index in [1.54, 1.807) is 0 Å². The summed E-state index contributed by atoms with van der Waals surface area (Å²) in [5.74, 6) is 1.54. The summed E-state index contributed by atoms with van der Waals surface area (Å²) in [6.07, 6.45) is 1.11. The zero-order valence-corrected chi connectivity index (χ0v) is 14.8. The first kappa shape index (κ1) is 16.8. The van der Waals surface area contributed by atoms with E-state index in [-0.39, 0.29) is 17.8 Å². The zero-order valence-electron chi connectivity index (χ0n) is 14.8. The number of ether oxygens (including phenoxy) is 1. The Morgan fingerprint density at radius 3 is 2.88 bits per heavy atom. The summed E-state index contributed by atoms with van der Waals surface area (Å²) in [5, 5.41) is 3.37. The first-order valence-electron chi connectivity index (χ1n) is 8.82.